The molecule has 3 aromatic rings. The molecule has 126 valence electrons. The third-order valence-corrected chi connectivity index (χ3v) is 5.07. The Morgan fingerprint density at radius 3 is 2.24 bits per heavy atom. The molecular formula is C20H15ClO3S. The molecule has 0 amide bonds. The lowest BCUT2D eigenvalue weighted by atomic mass is 9.99. The average Bonchev–Trinajstić information content (AvgIpc) is 2.61. The highest BCUT2D eigenvalue weighted by Crippen LogP contribution is 2.26. The fourth-order valence-electron chi connectivity index (χ4n) is 2.53. The molecular weight excluding hydrogens is 356 g/mol. The lowest BCUT2D eigenvalue weighted by Gasteiger charge is -2.06. The molecule has 0 aliphatic rings. The minimum Gasteiger partial charge on any atom is -0.282 e. The molecule has 0 unspecified atom stereocenters. The zero-order valence-corrected chi connectivity index (χ0v) is 14.7. The Hall–Kier alpha value is -2.40. The van der Waals surface area contributed by atoms with E-state index < -0.39 is 10.1 Å². The third-order valence-electron chi connectivity index (χ3n) is 3.73. The highest BCUT2D eigenvalue weighted by molar-refractivity contribution is 7.86. The Morgan fingerprint density at radius 2 is 1.52 bits per heavy atom. The van der Waals surface area contributed by atoms with Gasteiger partial charge in [0.1, 0.15) is 4.90 Å². The lowest BCUT2D eigenvalue weighted by Crippen LogP contribution is -1.99. The third kappa shape index (κ3) is 4.17. The number of rotatable bonds is 4. The Bertz CT molecular complexity index is 1030. The first-order chi connectivity index (χ1) is 11.9. The Morgan fingerprint density at radius 1 is 0.840 bits per heavy atom. The van der Waals surface area contributed by atoms with Gasteiger partial charge in [-0.25, -0.2) is 0 Å². The molecule has 0 fully saturated rings. The highest BCUT2D eigenvalue weighted by Gasteiger charge is 2.14. The first kappa shape index (κ1) is 17.4. The minimum absolute atomic E-state index is 0.00987. The highest BCUT2D eigenvalue weighted by atomic mass is 35.5. The fourth-order valence-corrected chi connectivity index (χ4v) is 3.54. The first-order valence-corrected chi connectivity index (χ1v) is 9.36. The zero-order chi connectivity index (χ0) is 17.9. The molecule has 0 aliphatic carbocycles. The van der Waals surface area contributed by atoms with E-state index in [-0.39, 0.29) is 9.92 Å². The summed E-state index contributed by atoms with van der Waals surface area (Å²) in [5.41, 5.74) is 3.79. The normalized spacial score (nSPS) is 11.8. The van der Waals surface area contributed by atoms with Gasteiger partial charge in [0.2, 0.25) is 0 Å². The Labute approximate surface area is 152 Å². The van der Waals surface area contributed by atoms with E-state index in [1.54, 1.807) is 12.1 Å². The molecule has 25 heavy (non-hydrogen) atoms. The van der Waals surface area contributed by atoms with Crippen LogP contribution in [0.3, 0.4) is 0 Å². The van der Waals surface area contributed by atoms with Crippen molar-refractivity contribution >= 4 is 33.9 Å². The van der Waals surface area contributed by atoms with Crippen molar-refractivity contribution < 1.29 is 13.0 Å². The molecule has 0 aliphatic heterocycles. The van der Waals surface area contributed by atoms with E-state index in [1.807, 2.05) is 60.7 Å². The summed E-state index contributed by atoms with van der Waals surface area (Å²) in [5, 5.41) is -0.00987. The molecule has 3 aromatic carbocycles. The Balaban J connectivity index is 1.99. The quantitative estimate of drug-likeness (QED) is 0.492. The molecule has 0 spiro atoms. The van der Waals surface area contributed by atoms with Gasteiger partial charge in [0.05, 0.1) is 5.02 Å². The SMILES string of the molecule is O=S(=O)(O)c1cc(/C=C/c2ccccc2-c2ccccc2)ccc1Cl. The second-order valence-electron chi connectivity index (χ2n) is 5.45. The van der Waals surface area contributed by atoms with Gasteiger partial charge in [0.25, 0.3) is 10.1 Å². The standard InChI is InChI=1S/C20H15ClO3S/c21-19-13-11-15(14-20(19)25(22,23)24)10-12-17-8-4-5-9-18(17)16-6-2-1-3-7-16/h1-14H,(H,22,23,24)/b12-10+. The molecule has 0 saturated carbocycles. The van der Waals surface area contributed by atoms with Gasteiger partial charge in [-0.1, -0.05) is 84.4 Å². The summed E-state index contributed by atoms with van der Waals surface area (Å²) in [6.07, 6.45) is 3.69. The van der Waals surface area contributed by atoms with Crippen LogP contribution in [-0.4, -0.2) is 13.0 Å². The van der Waals surface area contributed by atoms with Gasteiger partial charge in [-0.3, -0.25) is 4.55 Å². The average molecular weight is 371 g/mol. The summed E-state index contributed by atoms with van der Waals surface area (Å²) in [6.45, 7) is 0. The van der Waals surface area contributed by atoms with Gasteiger partial charge in [-0.15, -0.1) is 0 Å². The summed E-state index contributed by atoms with van der Waals surface area (Å²) in [4.78, 5) is -0.298. The summed E-state index contributed by atoms with van der Waals surface area (Å²) >= 11 is 5.84. The molecule has 0 bridgehead atoms. The van der Waals surface area contributed by atoms with Crippen molar-refractivity contribution in [2.24, 2.45) is 0 Å². The number of hydrogen-bond donors (Lipinski definition) is 1. The van der Waals surface area contributed by atoms with E-state index in [1.165, 1.54) is 12.1 Å². The summed E-state index contributed by atoms with van der Waals surface area (Å²) in [7, 11) is -4.36. The van der Waals surface area contributed by atoms with Crippen LogP contribution >= 0.6 is 11.6 Å². The molecule has 0 atom stereocenters. The Kier molecular flexibility index (Phi) is 5.04. The van der Waals surface area contributed by atoms with Crippen molar-refractivity contribution in [1.82, 2.24) is 0 Å². The van der Waals surface area contributed by atoms with Crippen LogP contribution in [0.15, 0.2) is 77.7 Å². The van der Waals surface area contributed by atoms with Crippen molar-refractivity contribution in [3.8, 4) is 11.1 Å². The van der Waals surface area contributed by atoms with Crippen molar-refractivity contribution in [3.05, 3.63) is 88.9 Å². The van der Waals surface area contributed by atoms with Crippen LogP contribution in [0.2, 0.25) is 5.02 Å². The van der Waals surface area contributed by atoms with E-state index in [0.29, 0.717) is 5.56 Å². The summed E-state index contributed by atoms with van der Waals surface area (Å²) in [6, 6.07) is 22.4. The topological polar surface area (TPSA) is 54.4 Å². The lowest BCUT2D eigenvalue weighted by molar-refractivity contribution is 0.483. The maximum Gasteiger partial charge on any atom is 0.296 e. The van der Waals surface area contributed by atoms with Gasteiger partial charge in [0, 0.05) is 0 Å². The van der Waals surface area contributed by atoms with Crippen LogP contribution in [0.5, 0.6) is 0 Å². The molecule has 0 aromatic heterocycles. The second kappa shape index (κ2) is 7.23. The smallest absolute Gasteiger partial charge is 0.282 e. The van der Waals surface area contributed by atoms with Crippen molar-refractivity contribution in [2.45, 2.75) is 4.90 Å². The van der Waals surface area contributed by atoms with Crippen LogP contribution in [0.25, 0.3) is 23.3 Å². The summed E-state index contributed by atoms with van der Waals surface area (Å²) in [5.74, 6) is 0. The minimum atomic E-state index is -4.36. The summed E-state index contributed by atoms with van der Waals surface area (Å²) < 4.78 is 32.0. The number of halogens is 1. The molecule has 5 heteroatoms. The van der Waals surface area contributed by atoms with Gasteiger partial charge in [0.15, 0.2) is 0 Å². The van der Waals surface area contributed by atoms with Crippen LogP contribution in [0.1, 0.15) is 11.1 Å². The van der Waals surface area contributed by atoms with Gasteiger partial charge in [-0.05, 0) is 34.4 Å². The van der Waals surface area contributed by atoms with E-state index >= 15 is 0 Å². The predicted octanol–water partition coefficient (Wildman–Crippen LogP) is 5.42. The van der Waals surface area contributed by atoms with Crippen molar-refractivity contribution in [3.63, 3.8) is 0 Å². The van der Waals surface area contributed by atoms with Crippen LogP contribution in [0, 0.1) is 0 Å². The van der Waals surface area contributed by atoms with E-state index in [4.69, 9.17) is 11.6 Å². The largest absolute Gasteiger partial charge is 0.296 e. The van der Waals surface area contributed by atoms with E-state index in [0.717, 1.165) is 16.7 Å². The number of benzene rings is 3. The van der Waals surface area contributed by atoms with Crippen LogP contribution in [-0.2, 0) is 10.1 Å². The maximum atomic E-state index is 11.4. The number of hydrogen-bond acceptors (Lipinski definition) is 2. The zero-order valence-electron chi connectivity index (χ0n) is 13.1. The van der Waals surface area contributed by atoms with Gasteiger partial charge < -0.3 is 0 Å². The van der Waals surface area contributed by atoms with Crippen molar-refractivity contribution in [2.75, 3.05) is 0 Å². The monoisotopic (exact) mass is 370 g/mol. The molecule has 1 N–H and O–H groups in total. The first-order valence-electron chi connectivity index (χ1n) is 7.55. The molecule has 3 nitrogen and oxygen atoms in total. The maximum absolute atomic E-state index is 11.4. The van der Waals surface area contributed by atoms with Crippen molar-refractivity contribution in [1.29, 1.82) is 0 Å². The van der Waals surface area contributed by atoms with Gasteiger partial charge in [-0.2, -0.15) is 8.42 Å². The van der Waals surface area contributed by atoms with E-state index in [2.05, 4.69) is 0 Å². The van der Waals surface area contributed by atoms with E-state index in [9.17, 15) is 13.0 Å². The van der Waals surface area contributed by atoms with Gasteiger partial charge >= 0.3 is 0 Å². The molecule has 0 radical (unpaired) electrons. The second-order valence-corrected chi connectivity index (χ2v) is 7.25. The fraction of sp³-hybridized carbons (Fsp3) is 0. The van der Waals surface area contributed by atoms with Crippen LogP contribution < -0.4 is 0 Å². The molecule has 3 rings (SSSR count). The predicted molar refractivity (Wildman–Crippen MR) is 102 cm³/mol. The molecule has 0 saturated heterocycles. The van der Waals surface area contributed by atoms with Crippen LogP contribution in [0.4, 0.5) is 0 Å². The molecule has 0 heterocycles.